The molecule has 0 saturated carbocycles. The average molecular weight is 391 g/mol. The number of esters is 1. The summed E-state index contributed by atoms with van der Waals surface area (Å²) < 4.78 is 42.7. The number of ether oxygens (including phenoxy) is 3. The van der Waals surface area contributed by atoms with E-state index < -0.39 is 16.0 Å². The van der Waals surface area contributed by atoms with Gasteiger partial charge < -0.3 is 14.2 Å². The summed E-state index contributed by atoms with van der Waals surface area (Å²) in [5, 5.41) is 0. The van der Waals surface area contributed by atoms with Crippen molar-refractivity contribution in [1.29, 1.82) is 0 Å². The normalized spacial score (nSPS) is 14.7. The number of carbonyl (C=O) groups excluding carboxylic acids is 1. The lowest BCUT2D eigenvalue weighted by Crippen LogP contribution is -2.28. The summed E-state index contributed by atoms with van der Waals surface area (Å²) in [6, 6.07) is 10.8. The molecule has 0 radical (unpaired) electrons. The molecule has 1 aliphatic heterocycles. The van der Waals surface area contributed by atoms with Crippen LogP contribution in [0.15, 0.2) is 47.4 Å². The monoisotopic (exact) mass is 391 g/mol. The van der Waals surface area contributed by atoms with Crippen molar-refractivity contribution in [2.24, 2.45) is 0 Å². The fourth-order valence-electron chi connectivity index (χ4n) is 2.93. The van der Waals surface area contributed by atoms with Gasteiger partial charge in [0.05, 0.1) is 24.7 Å². The number of rotatable bonds is 6. The molecule has 0 aliphatic carbocycles. The highest BCUT2D eigenvalue weighted by Gasteiger charge is 2.28. The van der Waals surface area contributed by atoms with Crippen LogP contribution in [0.5, 0.6) is 17.2 Å². The summed E-state index contributed by atoms with van der Waals surface area (Å²) >= 11 is 0. The maximum absolute atomic E-state index is 12.7. The molecule has 144 valence electrons. The second kappa shape index (κ2) is 7.98. The van der Waals surface area contributed by atoms with E-state index in [0.717, 1.165) is 12.8 Å². The molecule has 27 heavy (non-hydrogen) atoms. The minimum absolute atomic E-state index is 0.0749. The van der Waals surface area contributed by atoms with Crippen molar-refractivity contribution < 1.29 is 27.4 Å². The van der Waals surface area contributed by atoms with Crippen molar-refractivity contribution in [3.05, 3.63) is 48.0 Å². The quantitative estimate of drug-likeness (QED) is 0.556. The van der Waals surface area contributed by atoms with Crippen LogP contribution in [0, 0.1) is 0 Å². The third kappa shape index (κ3) is 3.91. The molecule has 0 N–H and O–H groups in total. The van der Waals surface area contributed by atoms with E-state index in [4.69, 9.17) is 14.2 Å². The topological polar surface area (TPSA) is 82.1 Å². The summed E-state index contributed by atoms with van der Waals surface area (Å²) in [5.41, 5.74) is 0.128. The summed E-state index contributed by atoms with van der Waals surface area (Å²) in [4.78, 5) is 12.7. The van der Waals surface area contributed by atoms with Crippen LogP contribution in [-0.4, -0.2) is 46.0 Å². The predicted octanol–water partition coefficient (Wildman–Crippen LogP) is 2.71. The zero-order valence-corrected chi connectivity index (χ0v) is 16.0. The van der Waals surface area contributed by atoms with Crippen molar-refractivity contribution in [3.63, 3.8) is 0 Å². The molecule has 0 amide bonds. The molecule has 0 bridgehead atoms. The van der Waals surface area contributed by atoms with Crippen LogP contribution >= 0.6 is 0 Å². The Hall–Kier alpha value is -2.58. The van der Waals surface area contributed by atoms with E-state index in [2.05, 4.69) is 0 Å². The maximum atomic E-state index is 12.7. The average Bonchev–Trinajstić information content (AvgIpc) is 3.24. The molecule has 8 heteroatoms. The number of methoxy groups -OCH3 is 2. The van der Waals surface area contributed by atoms with Gasteiger partial charge in [-0.15, -0.1) is 0 Å². The molecule has 1 fully saturated rings. The largest absolute Gasteiger partial charge is 0.493 e. The molecule has 1 saturated heterocycles. The Morgan fingerprint density at radius 2 is 1.56 bits per heavy atom. The Balaban J connectivity index is 1.89. The van der Waals surface area contributed by atoms with E-state index in [1.807, 2.05) is 0 Å². The lowest BCUT2D eigenvalue weighted by Gasteiger charge is -2.16. The Morgan fingerprint density at radius 1 is 0.963 bits per heavy atom. The molecular weight excluding hydrogens is 370 g/mol. The second-order valence-electron chi connectivity index (χ2n) is 6.02. The molecule has 2 aromatic carbocycles. The number of sulfonamides is 1. The van der Waals surface area contributed by atoms with E-state index in [-0.39, 0.29) is 16.2 Å². The third-order valence-corrected chi connectivity index (χ3v) is 6.24. The zero-order chi connectivity index (χ0) is 19.4. The van der Waals surface area contributed by atoms with Gasteiger partial charge in [0.2, 0.25) is 15.8 Å². The molecule has 1 heterocycles. The molecular formula is C19H21NO6S. The number of hydrogen-bond donors (Lipinski definition) is 0. The van der Waals surface area contributed by atoms with Gasteiger partial charge >= 0.3 is 5.97 Å². The van der Waals surface area contributed by atoms with Crippen molar-refractivity contribution in [1.82, 2.24) is 4.31 Å². The van der Waals surface area contributed by atoms with Crippen molar-refractivity contribution in [3.8, 4) is 17.2 Å². The summed E-state index contributed by atoms with van der Waals surface area (Å²) in [6.07, 6.45) is 1.68. The Morgan fingerprint density at radius 3 is 2.15 bits per heavy atom. The predicted molar refractivity (Wildman–Crippen MR) is 98.9 cm³/mol. The molecule has 2 aromatic rings. The van der Waals surface area contributed by atoms with E-state index in [1.54, 1.807) is 18.2 Å². The van der Waals surface area contributed by atoms with E-state index in [1.165, 1.54) is 42.8 Å². The van der Waals surface area contributed by atoms with Gasteiger partial charge in [0.15, 0.2) is 11.5 Å². The van der Waals surface area contributed by atoms with Crippen LogP contribution in [0.4, 0.5) is 0 Å². The Labute approximate surface area is 158 Å². The van der Waals surface area contributed by atoms with E-state index in [0.29, 0.717) is 24.6 Å². The number of hydrogen-bond acceptors (Lipinski definition) is 6. The Kier molecular flexibility index (Phi) is 5.67. The molecule has 0 atom stereocenters. The standard InChI is InChI=1S/C19H21NO6S/c1-24-16-9-6-10-17(25-2)18(16)26-19(21)14-7-5-8-15(13-14)27(22,23)20-11-3-4-12-20/h5-10,13H,3-4,11-12H2,1-2H3. The minimum atomic E-state index is -3.62. The molecule has 1 aliphatic rings. The third-order valence-electron chi connectivity index (χ3n) is 4.35. The highest BCUT2D eigenvalue weighted by atomic mass is 32.2. The molecule has 0 unspecified atom stereocenters. The first-order chi connectivity index (χ1) is 13.0. The first-order valence-electron chi connectivity index (χ1n) is 8.50. The van der Waals surface area contributed by atoms with E-state index in [9.17, 15) is 13.2 Å². The minimum Gasteiger partial charge on any atom is -0.493 e. The van der Waals surface area contributed by atoms with Crippen molar-refractivity contribution >= 4 is 16.0 Å². The first-order valence-corrected chi connectivity index (χ1v) is 9.95. The lowest BCUT2D eigenvalue weighted by atomic mass is 10.2. The number of nitrogens with zero attached hydrogens (tertiary/aromatic N) is 1. The van der Waals surface area contributed by atoms with Crippen molar-refractivity contribution in [2.45, 2.75) is 17.7 Å². The van der Waals surface area contributed by atoms with E-state index >= 15 is 0 Å². The van der Waals surface area contributed by atoms with Crippen LogP contribution in [0.2, 0.25) is 0 Å². The zero-order valence-electron chi connectivity index (χ0n) is 15.2. The fraction of sp³-hybridized carbons (Fsp3) is 0.316. The van der Waals surface area contributed by atoms with Crippen molar-refractivity contribution in [2.75, 3.05) is 27.3 Å². The maximum Gasteiger partial charge on any atom is 0.343 e. The molecule has 0 aromatic heterocycles. The van der Waals surface area contributed by atoms with Crippen LogP contribution in [0.1, 0.15) is 23.2 Å². The van der Waals surface area contributed by atoms with Crippen LogP contribution in [-0.2, 0) is 10.0 Å². The van der Waals surface area contributed by atoms with Gasteiger partial charge in [-0.05, 0) is 43.2 Å². The van der Waals surface area contributed by atoms with Gasteiger partial charge in [0.1, 0.15) is 0 Å². The van der Waals surface area contributed by atoms with Crippen LogP contribution in [0.25, 0.3) is 0 Å². The summed E-state index contributed by atoms with van der Waals surface area (Å²) in [5.74, 6) is 0.115. The van der Waals surface area contributed by atoms with Gasteiger partial charge in [-0.25, -0.2) is 13.2 Å². The number of carbonyl (C=O) groups is 1. The fourth-order valence-corrected chi connectivity index (χ4v) is 4.49. The van der Waals surface area contributed by atoms with Gasteiger partial charge in [0.25, 0.3) is 0 Å². The smallest absolute Gasteiger partial charge is 0.343 e. The molecule has 7 nitrogen and oxygen atoms in total. The van der Waals surface area contributed by atoms with Crippen LogP contribution in [0.3, 0.4) is 0 Å². The van der Waals surface area contributed by atoms with Gasteiger partial charge in [0, 0.05) is 13.1 Å². The SMILES string of the molecule is COc1cccc(OC)c1OC(=O)c1cccc(S(=O)(=O)N2CCCC2)c1. The Bertz CT molecular complexity index is 913. The highest BCUT2D eigenvalue weighted by molar-refractivity contribution is 7.89. The van der Waals surface area contributed by atoms with Gasteiger partial charge in [-0.2, -0.15) is 4.31 Å². The van der Waals surface area contributed by atoms with Gasteiger partial charge in [-0.1, -0.05) is 12.1 Å². The second-order valence-corrected chi connectivity index (χ2v) is 7.96. The molecule has 3 rings (SSSR count). The lowest BCUT2D eigenvalue weighted by molar-refractivity contribution is 0.0724. The molecule has 0 spiro atoms. The van der Waals surface area contributed by atoms with Gasteiger partial charge in [-0.3, -0.25) is 0 Å². The number of benzene rings is 2. The first kappa shape index (κ1) is 19.2. The summed E-state index contributed by atoms with van der Waals surface area (Å²) in [7, 11) is -0.710. The summed E-state index contributed by atoms with van der Waals surface area (Å²) in [6.45, 7) is 0.991. The highest BCUT2D eigenvalue weighted by Crippen LogP contribution is 2.37. The number of para-hydroxylation sites is 1. The van der Waals surface area contributed by atoms with Crippen LogP contribution < -0.4 is 14.2 Å².